The lowest BCUT2D eigenvalue weighted by atomic mass is 9.72. The molecule has 2 rings (SSSR count). The first-order valence-corrected chi connectivity index (χ1v) is 7.69. The second-order valence-electron chi connectivity index (χ2n) is 6.68. The van der Waals surface area contributed by atoms with Gasteiger partial charge in [0.15, 0.2) is 0 Å². The molecule has 0 aliphatic heterocycles. The van der Waals surface area contributed by atoms with Gasteiger partial charge in [-0.15, -0.1) is 0 Å². The molecule has 1 N–H and O–H groups in total. The summed E-state index contributed by atoms with van der Waals surface area (Å²) in [5.41, 5.74) is -0.654. The molecular weight excluding hydrogens is 232 g/mol. The first-order chi connectivity index (χ1) is 8.94. The maximum atomic E-state index is 10.8. The highest BCUT2D eigenvalue weighted by Crippen LogP contribution is 2.36. The zero-order chi connectivity index (χ0) is 14.0. The lowest BCUT2D eigenvalue weighted by Gasteiger charge is -2.37. The van der Waals surface area contributed by atoms with Crippen LogP contribution in [0.5, 0.6) is 0 Å². The van der Waals surface area contributed by atoms with Crippen molar-refractivity contribution < 1.29 is 5.11 Å². The highest BCUT2D eigenvalue weighted by Gasteiger charge is 2.35. The summed E-state index contributed by atoms with van der Waals surface area (Å²) in [6.45, 7) is 8.95. The second-order valence-corrected chi connectivity index (χ2v) is 6.68. The Morgan fingerprint density at radius 2 is 1.74 bits per heavy atom. The molecule has 0 amide bonds. The third-order valence-electron chi connectivity index (χ3n) is 5.45. The number of hydrogen-bond donors (Lipinski definition) is 1. The second kappa shape index (κ2) is 5.66. The number of rotatable bonds is 2. The van der Waals surface area contributed by atoms with E-state index >= 15 is 0 Å². The SMILES string of the molecule is CC1C=CCC(/C=C/C2(O)CC=CC(C)C2C)C1C. The molecule has 106 valence electrons. The lowest BCUT2D eigenvalue weighted by Crippen LogP contribution is -2.39. The molecule has 0 saturated carbocycles. The van der Waals surface area contributed by atoms with Crippen molar-refractivity contribution in [3.8, 4) is 0 Å². The van der Waals surface area contributed by atoms with Crippen LogP contribution in [0.4, 0.5) is 0 Å². The quantitative estimate of drug-likeness (QED) is 0.732. The van der Waals surface area contributed by atoms with Crippen molar-refractivity contribution in [2.45, 2.75) is 46.1 Å². The van der Waals surface area contributed by atoms with Gasteiger partial charge < -0.3 is 5.11 Å². The van der Waals surface area contributed by atoms with Gasteiger partial charge in [0.25, 0.3) is 0 Å². The molecule has 2 aliphatic carbocycles. The largest absolute Gasteiger partial charge is 0.385 e. The molecule has 6 atom stereocenters. The van der Waals surface area contributed by atoms with E-state index in [2.05, 4.69) is 64.2 Å². The molecule has 0 saturated heterocycles. The highest BCUT2D eigenvalue weighted by molar-refractivity contribution is 5.16. The first-order valence-electron chi connectivity index (χ1n) is 7.69. The third-order valence-corrected chi connectivity index (χ3v) is 5.45. The zero-order valence-electron chi connectivity index (χ0n) is 12.7. The number of hydrogen-bond acceptors (Lipinski definition) is 1. The number of allylic oxidation sites excluding steroid dienone is 4. The Balaban J connectivity index is 2.09. The Kier molecular flexibility index (Phi) is 4.35. The monoisotopic (exact) mass is 260 g/mol. The van der Waals surface area contributed by atoms with Crippen molar-refractivity contribution in [1.29, 1.82) is 0 Å². The van der Waals surface area contributed by atoms with Crippen molar-refractivity contribution in [3.05, 3.63) is 36.5 Å². The van der Waals surface area contributed by atoms with Gasteiger partial charge in [0.1, 0.15) is 0 Å². The fourth-order valence-corrected chi connectivity index (χ4v) is 3.27. The average Bonchev–Trinajstić information content (AvgIpc) is 2.38. The summed E-state index contributed by atoms with van der Waals surface area (Å²) in [7, 11) is 0. The first kappa shape index (κ1) is 14.6. The predicted octanol–water partition coefficient (Wildman–Crippen LogP) is 4.35. The van der Waals surface area contributed by atoms with Crippen LogP contribution in [0.15, 0.2) is 36.5 Å². The van der Waals surface area contributed by atoms with Gasteiger partial charge in [0.2, 0.25) is 0 Å². The molecule has 1 nitrogen and oxygen atoms in total. The van der Waals surface area contributed by atoms with Gasteiger partial charge in [-0.3, -0.25) is 0 Å². The molecule has 0 fully saturated rings. The summed E-state index contributed by atoms with van der Waals surface area (Å²) in [6.07, 6.45) is 15.2. The fourth-order valence-electron chi connectivity index (χ4n) is 3.27. The van der Waals surface area contributed by atoms with Crippen LogP contribution in [0.2, 0.25) is 0 Å². The van der Waals surface area contributed by atoms with Gasteiger partial charge in [-0.2, -0.15) is 0 Å². The van der Waals surface area contributed by atoms with Crippen molar-refractivity contribution in [1.82, 2.24) is 0 Å². The van der Waals surface area contributed by atoms with Crippen LogP contribution in [0.1, 0.15) is 40.5 Å². The topological polar surface area (TPSA) is 20.2 Å². The number of aliphatic hydroxyl groups is 1. The molecule has 0 aromatic carbocycles. The van der Waals surface area contributed by atoms with E-state index in [1.165, 1.54) is 0 Å². The summed E-state index contributed by atoms with van der Waals surface area (Å²) in [5, 5.41) is 10.8. The maximum Gasteiger partial charge on any atom is 0.0892 e. The molecule has 6 unspecified atom stereocenters. The summed E-state index contributed by atoms with van der Waals surface area (Å²) in [4.78, 5) is 0. The van der Waals surface area contributed by atoms with Gasteiger partial charge in [-0.1, -0.05) is 64.2 Å². The zero-order valence-corrected chi connectivity index (χ0v) is 12.7. The minimum absolute atomic E-state index is 0.292. The van der Waals surface area contributed by atoms with Crippen LogP contribution in [-0.4, -0.2) is 10.7 Å². The standard InChI is InChI=1S/C18H28O/c1-13-7-5-9-17(15(13)3)10-12-18(19)11-6-8-14(2)16(18)4/h5-8,10,12-17,19H,9,11H2,1-4H3/b12-10+. The predicted molar refractivity (Wildman–Crippen MR) is 81.7 cm³/mol. The summed E-state index contributed by atoms with van der Waals surface area (Å²) in [5.74, 6) is 2.61. The van der Waals surface area contributed by atoms with Crippen molar-refractivity contribution in [3.63, 3.8) is 0 Å². The summed E-state index contributed by atoms with van der Waals surface area (Å²) >= 11 is 0. The van der Waals surface area contributed by atoms with Crippen molar-refractivity contribution in [2.24, 2.45) is 29.6 Å². The van der Waals surface area contributed by atoms with Crippen LogP contribution < -0.4 is 0 Å². The molecule has 0 radical (unpaired) electrons. The van der Waals surface area contributed by atoms with Crippen molar-refractivity contribution in [2.75, 3.05) is 0 Å². The summed E-state index contributed by atoms with van der Waals surface area (Å²) in [6, 6.07) is 0. The molecule has 0 heterocycles. The van der Waals surface area contributed by atoms with Gasteiger partial charge in [-0.25, -0.2) is 0 Å². The Bertz CT molecular complexity index is 392. The molecule has 19 heavy (non-hydrogen) atoms. The van der Waals surface area contributed by atoms with Crippen LogP contribution in [0.3, 0.4) is 0 Å². The van der Waals surface area contributed by atoms with E-state index in [0.717, 1.165) is 12.8 Å². The van der Waals surface area contributed by atoms with E-state index in [1.54, 1.807) is 0 Å². The van der Waals surface area contributed by atoms with E-state index in [-0.39, 0.29) is 0 Å². The van der Waals surface area contributed by atoms with Gasteiger partial charge in [0.05, 0.1) is 5.60 Å². The smallest absolute Gasteiger partial charge is 0.0892 e. The minimum atomic E-state index is -0.654. The molecule has 0 bridgehead atoms. The minimum Gasteiger partial charge on any atom is -0.385 e. The van der Waals surface area contributed by atoms with Gasteiger partial charge in [-0.05, 0) is 42.4 Å². The van der Waals surface area contributed by atoms with E-state index in [0.29, 0.717) is 29.6 Å². The molecular formula is C18H28O. The Morgan fingerprint density at radius 1 is 1.05 bits per heavy atom. The van der Waals surface area contributed by atoms with E-state index in [9.17, 15) is 5.11 Å². The van der Waals surface area contributed by atoms with E-state index in [1.807, 2.05) is 0 Å². The lowest BCUT2D eigenvalue weighted by molar-refractivity contribution is 0.0163. The fraction of sp³-hybridized carbons (Fsp3) is 0.667. The molecule has 1 heteroatoms. The molecule has 2 aliphatic rings. The normalized spacial score (nSPS) is 46.9. The third kappa shape index (κ3) is 3.02. The summed E-state index contributed by atoms with van der Waals surface area (Å²) < 4.78 is 0. The van der Waals surface area contributed by atoms with Gasteiger partial charge in [0, 0.05) is 0 Å². The average molecular weight is 260 g/mol. The van der Waals surface area contributed by atoms with Crippen LogP contribution in [0, 0.1) is 29.6 Å². The molecule has 0 aromatic rings. The maximum absolute atomic E-state index is 10.8. The molecule has 0 spiro atoms. The van der Waals surface area contributed by atoms with Crippen LogP contribution in [0.25, 0.3) is 0 Å². The Morgan fingerprint density at radius 3 is 2.47 bits per heavy atom. The van der Waals surface area contributed by atoms with Gasteiger partial charge >= 0.3 is 0 Å². The Labute approximate surface area is 118 Å². The highest BCUT2D eigenvalue weighted by atomic mass is 16.3. The van der Waals surface area contributed by atoms with E-state index in [4.69, 9.17) is 0 Å². The van der Waals surface area contributed by atoms with Crippen LogP contribution >= 0.6 is 0 Å². The van der Waals surface area contributed by atoms with Crippen molar-refractivity contribution >= 4 is 0 Å². The molecule has 0 aromatic heterocycles. The van der Waals surface area contributed by atoms with Crippen LogP contribution in [-0.2, 0) is 0 Å². The Hall–Kier alpha value is -0.820. The van der Waals surface area contributed by atoms with E-state index < -0.39 is 5.60 Å².